The summed E-state index contributed by atoms with van der Waals surface area (Å²) in [6.07, 6.45) is 3.55. The number of hydrogen-bond donors (Lipinski definition) is 0. The van der Waals surface area contributed by atoms with E-state index in [1.807, 2.05) is 19.9 Å². The van der Waals surface area contributed by atoms with Gasteiger partial charge in [-0.3, -0.25) is 0 Å². The van der Waals surface area contributed by atoms with Crippen molar-refractivity contribution < 1.29 is 0 Å². The third-order valence-electron chi connectivity index (χ3n) is 1.12. The van der Waals surface area contributed by atoms with Crippen LogP contribution in [0.5, 0.6) is 0 Å². The van der Waals surface area contributed by atoms with Gasteiger partial charge in [0.05, 0.1) is 0 Å². The van der Waals surface area contributed by atoms with Gasteiger partial charge >= 0.3 is 0 Å². The summed E-state index contributed by atoms with van der Waals surface area (Å²) in [5, 5.41) is 0.648. The van der Waals surface area contributed by atoms with Gasteiger partial charge < -0.3 is 0 Å². The van der Waals surface area contributed by atoms with Crippen molar-refractivity contribution in [3.05, 3.63) is 34.8 Å². The van der Waals surface area contributed by atoms with Crippen LogP contribution in [0.3, 0.4) is 0 Å². The predicted molar refractivity (Wildman–Crippen MR) is 48.3 cm³/mol. The molecule has 0 N–H and O–H groups in total. The van der Waals surface area contributed by atoms with Gasteiger partial charge in [-0.25, -0.2) is 0 Å². The fourth-order valence-corrected chi connectivity index (χ4v) is 0.664. The van der Waals surface area contributed by atoms with Crippen LogP contribution in [0, 0.1) is 0 Å². The molecule has 52 valence electrons. The third kappa shape index (κ3) is 3.57. The van der Waals surface area contributed by atoms with E-state index in [1.54, 1.807) is 6.08 Å². The Kier molecular flexibility index (Phi) is 4.21. The highest BCUT2D eigenvalue weighted by atomic mass is 35.5. The van der Waals surface area contributed by atoms with E-state index < -0.39 is 0 Å². The van der Waals surface area contributed by atoms with Gasteiger partial charge in [-0.15, -0.1) is 12.1 Å². The first-order chi connectivity index (χ1) is 4.57. The minimum Gasteiger partial charge on any atom is -0.106 e. The van der Waals surface area contributed by atoms with E-state index in [9.17, 15) is 0 Å². The molecule has 0 bridgehead atoms. The average Bonchev–Trinajstić information content (AvgIpc) is 1.85. The van der Waals surface area contributed by atoms with Crippen molar-refractivity contribution in [1.82, 2.24) is 0 Å². The summed E-state index contributed by atoms with van der Waals surface area (Å²) >= 11 is 5.78. The van der Waals surface area contributed by atoms with Gasteiger partial charge in [0, 0.05) is 5.03 Å². The molecule has 0 atom stereocenters. The molecule has 0 aromatic rings. The van der Waals surface area contributed by atoms with E-state index in [1.165, 1.54) is 0 Å². The van der Waals surface area contributed by atoms with Gasteiger partial charge in [-0.1, -0.05) is 23.8 Å². The Morgan fingerprint density at radius 2 is 2.10 bits per heavy atom. The highest BCUT2D eigenvalue weighted by molar-refractivity contribution is 6.33. The van der Waals surface area contributed by atoms with Gasteiger partial charge in [-0.2, -0.15) is 0 Å². The van der Waals surface area contributed by atoms with Crippen molar-refractivity contribution in [2.24, 2.45) is 0 Å². The predicted octanol–water partition coefficient (Wildman–Crippen LogP) is 2.76. The van der Waals surface area contributed by atoms with Crippen LogP contribution in [0.4, 0.5) is 0 Å². The Balaban J connectivity index is 4.35. The van der Waals surface area contributed by atoms with Gasteiger partial charge in [0.15, 0.2) is 0 Å². The molecule has 0 rings (SSSR count). The van der Waals surface area contributed by atoms with Crippen molar-refractivity contribution in [3.63, 3.8) is 0 Å². The molecule has 2 heteroatoms. The second-order valence-corrected chi connectivity index (χ2v) is 2.45. The smallest absolute Gasteiger partial charge is 0.106 e. The maximum atomic E-state index is 5.78. The normalized spacial score (nSPS) is 13.5. The zero-order chi connectivity index (χ0) is 8.15. The fourth-order valence-electron chi connectivity index (χ4n) is 0.414. The first kappa shape index (κ1) is 9.57. The summed E-state index contributed by atoms with van der Waals surface area (Å²) in [6, 6.07) is 0. The third-order valence-corrected chi connectivity index (χ3v) is 1.53. The molecule has 10 heavy (non-hydrogen) atoms. The molecule has 0 aromatic carbocycles. The summed E-state index contributed by atoms with van der Waals surface area (Å²) in [7, 11) is 5.30. The minimum atomic E-state index is 0.478. The van der Waals surface area contributed by atoms with E-state index in [0.717, 1.165) is 5.57 Å². The average molecular weight is 152 g/mol. The summed E-state index contributed by atoms with van der Waals surface area (Å²) in [5.41, 5.74) is 1.49. The number of rotatable bonds is 2. The summed E-state index contributed by atoms with van der Waals surface area (Å²) < 4.78 is 0. The topological polar surface area (TPSA) is 0 Å². The largest absolute Gasteiger partial charge is 0.113 e. The molecule has 0 fully saturated rings. The molecule has 2 radical (unpaired) electrons. The van der Waals surface area contributed by atoms with Crippen LogP contribution in [-0.2, 0) is 0 Å². The van der Waals surface area contributed by atoms with E-state index in [-0.39, 0.29) is 0 Å². The second kappa shape index (κ2) is 4.40. The van der Waals surface area contributed by atoms with Gasteiger partial charge in [0.25, 0.3) is 0 Å². The van der Waals surface area contributed by atoms with Crippen LogP contribution >= 0.6 is 11.6 Å². The molecule has 0 aliphatic carbocycles. The lowest BCUT2D eigenvalue weighted by Crippen LogP contribution is -1.77. The monoisotopic (exact) mass is 152 g/mol. The first-order valence-corrected chi connectivity index (χ1v) is 3.40. The fraction of sp³-hybridized carbons (Fsp3) is 0.250. The molecule has 0 heterocycles. The number of allylic oxidation sites excluding steroid dienone is 5. The van der Waals surface area contributed by atoms with Crippen LogP contribution in [0.1, 0.15) is 13.8 Å². The highest BCUT2D eigenvalue weighted by Crippen LogP contribution is 2.14. The van der Waals surface area contributed by atoms with Crippen LogP contribution in [0.2, 0.25) is 0 Å². The lowest BCUT2D eigenvalue weighted by Gasteiger charge is -1.96. The van der Waals surface area contributed by atoms with Gasteiger partial charge in [-0.05, 0) is 19.4 Å². The second-order valence-electron chi connectivity index (χ2n) is 2.04. The Morgan fingerprint density at radius 1 is 1.60 bits per heavy atom. The minimum absolute atomic E-state index is 0.478. The molecular formula is C8H10BCl. The van der Waals surface area contributed by atoms with E-state index in [2.05, 4.69) is 6.58 Å². The zero-order valence-corrected chi connectivity index (χ0v) is 7.07. The van der Waals surface area contributed by atoms with E-state index in [4.69, 9.17) is 19.4 Å². The van der Waals surface area contributed by atoms with Crippen molar-refractivity contribution in [2.75, 3.05) is 0 Å². The molecule has 0 nitrogen and oxygen atoms in total. The molecule has 0 aliphatic rings. The maximum absolute atomic E-state index is 5.78. The molecular weight excluding hydrogens is 142 g/mol. The van der Waals surface area contributed by atoms with Crippen LogP contribution < -0.4 is 0 Å². The quantitative estimate of drug-likeness (QED) is 0.422. The molecule has 0 amide bonds. The van der Waals surface area contributed by atoms with Gasteiger partial charge in [0.1, 0.15) is 7.85 Å². The van der Waals surface area contributed by atoms with Crippen LogP contribution in [0.15, 0.2) is 34.8 Å². The van der Waals surface area contributed by atoms with E-state index >= 15 is 0 Å². The first-order valence-electron chi connectivity index (χ1n) is 3.02. The summed E-state index contributed by atoms with van der Waals surface area (Å²) in [6.45, 7) is 7.34. The molecule has 0 unspecified atom stereocenters. The van der Waals surface area contributed by atoms with Gasteiger partial charge in [0.2, 0.25) is 0 Å². The zero-order valence-electron chi connectivity index (χ0n) is 6.32. The van der Waals surface area contributed by atoms with Crippen molar-refractivity contribution in [3.8, 4) is 0 Å². The van der Waals surface area contributed by atoms with Crippen molar-refractivity contribution in [1.29, 1.82) is 0 Å². The molecule has 0 aliphatic heterocycles. The number of halogens is 1. The lowest BCUT2D eigenvalue weighted by molar-refractivity contribution is 1.45. The van der Waals surface area contributed by atoms with Crippen LogP contribution in [0.25, 0.3) is 0 Å². The molecule has 0 aromatic heterocycles. The lowest BCUT2D eigenvalue weighted by atomic mass is 9.97. The molecule has 0 saturated carbocycles. The van der Waals surface area contributed by atoms with Crippen LogP contribution in [-0.4, -0.2) is 7.85 Å². The summed E-state index contributed by atoms with van der Waals surface area (Å²) in [4.78, 5) is 0. The molecule has 0 saturated heterocycles. The Hall–Kier alpha value is -0.425. The Bertz CT molecular complexity index is 189. The van der Waals surface area contributed by atoms with Crippen molar-refractivity contribution in [2.45, 2.75) is 13.8 Å². The summed E-state index contributed by atoms with van der Waals surface area (Å²) in [5.74, 6) is 0. The van der Waals surface area contributed by atoms with Crippen molar-refractivity contribution >= 4 is 19.4 Å². The van der Waals surface area contributed by atoms with E-state index in [0.29, 0.717) is 10.5 Å². The SMILES string of the molecule is [B]C(=C)/C=C(Cl)\C(C)=C/C. The maximum Gasteiger partial charge on any atom is 0.113 e. The Labute approximate surface area is 68.7 Å². The number of hydrogen-bond acceptors (Lipinski definition) is 0. The molecule has 0 spiro atoms. The highest BCUT2D eigenvalue weighted by Gasteiger charge is 1.91. The Morgan fingerprint density at radius 3 is 2.40 bits per heavy atom. The standard InChI is InChI=1S/C8H10BCl/c1-4-6(2)8(10)5-7(3)9/h4-5H,3H2,1-2H3/b6-4-,8-5+.